The molecule has 0 heterocycles. The fraction of sp³-hybridized carbons (Fsp3) is 0.810. The highest BCUT2D eigenvalue weighted by atomic mass is 16.5. The van der Waals surface area contributed by atoms with Crippen molar-refractivity contribution in [1.29, 1.82) is 0 Å². The third-order valence-electron chi connectivity index (χ3n) is 8.11. The summed E-state index contributed by atoms with van der Waals surface area (Å²) in [5, 5.41) is 11.2. The molecule has 0 amide bonds. The van der Waals surface area contributed by atoms with E-state index in [0.29, 0.717) is 24.7 Å². The number of fused-ring (bicyclic) bond motifs is 5. The van der Waals surface area contributed by atoms with Gasteiger partial charge in [-0.2, -0.15) is 0 Å². The average molecular weight is 346 g/mol. The van der Waals surface area contributed by atoms with Crippen molar-refractivity contribution < 1.29 is 19.4 Å². The van der Waals surface area contributed by atoms with Gasteiger partial charge in [0.1, 0.15) is 6.10 Å². The number of aliphatic hydroxyl groups excluding tert-OH is 1. The molecule has 0 saturated heterocycles. The first-order chi connectivity index (χ1) is 11.8. The monoisotopic (exact) mass is 346 g/mol. The Balaban J connectivity index is 1.68. The zero-order chi connectivity index (χ0) is 18.0. The van der Waals surface area contributed by atoms with Crippen LogP contribution in [0.25, 0.3) is 0 Å². The number of rotatable bonds is 1. The van der Waals surface area contributed by atoms with Crippen LogP contribution in [0.1, 0.15) is 65.7 Å². The Bertz CT molecular complexity index is 638. The number of hydrogen-bond donors (Lipinski definition) is 1. The average Bonchev–Trinajstić information content (AvgIpc) is 2.83. The van der Waals surface area contributed by atoms with Gasteiger partial charge in [0.2, 0.25) is 0 Å². The molecule has 4 nitrogen and oxygen atoms in total. The van der Waals surface area contributed by atoms with Crippen molar-refractivity contribution >= 4 is 11.8 Å². The van der Waals surface area contributed by atoms with Gasteiger partial charge in [0.05, 0.1) is 6.10 Å². The van der Waals surface area contributed by atoms with E-state index in [4.69, 9.17) is 4.74 Å². The lowest BCUT2D eigenvalue weighted by Gasteiger charge is -2.59. The zero-order valence-corrected chi connectivity index (χ0v) is 15.6. The Morgan fingerprint density at radius 1 is 1.24 bits per heavy atom. The summed E-state index contributed by atoms with van der Waals surface area (Å²) in [6.45, 7) is 5.97. The number of carbonyl (C=O) groups excluding carboxylic acids is 2. The molecule has 0 aromatic heterocycles. The van der Waals surface area contributed by atoms with Crippen LogP contribution >= 0.6 is 0 Å². The van der Waals surface area contributed by atoms with Gasteiger partial charge in [-0.3, -0.25) is 9.59 Å². The maximum atomic E-state index is 11.9. The van der Waals surface area contributed by atoms with Crippen molar-refractivity contribution in [2.45, 2.75) is 77.9 Å². The van der Waals surface area contributed by atoms with Crippen LogP contribution in [0.3, 0.4) is 0 Å². The quantitative estimate of drug-likeness (QED) is 0.739. The van der Waals surface area contributed by atoms with Crippen molar-refractivity contribution in [2.75, 3.05) is 0 Å². The highest BCUT2D eigenvalue weighted by Crippen LogP contribution is 2.65. The molecule has 138 valence electrons. The summed E-state index contributed by atoms with van der Waals surface area (Å²) in [5.41, 5.74) is 1.10. The summed E-state index contributed by atoms with van der Waals surface area (Å²) in [4.78, 5) is 23.4. The van der Waals surface area contributed by atoms with Crippen LogP contribution in [-0.2, 0) is 14.3 Å². The molecule has 0 spiro atoms. The van der Waals surface area contributed by atoms with E-state index in [0.717, 1.165) is 32.1 Å². The Hall–Kier alpha value is -1.16. The summed E-state index contributed by atoms with van der Waals surface area (Å²) in [6.07, 6.45) is 7.60. The van der Waals surface area contributed by atoms with E-state index in [1.165, 1.54) is 12.5 Å². The minimum absolute atomic E-state index is 0.0446. The number of aliphatic hydroxyl groups is 1. The van der Waals surface area contributed by atoms with Crippen LogP contribution < -0.4 is 0 Å². The molecule has 3 fully saturated rings. The van der Waals surface area contributed by atoms with Crippen LogP contribution in [0.2, 0.25) is 0 Å². The molecule has 1 N–H and O–H groups in total. The molecule has 1 unspecified atom stereocenters. The number of carbonyl (C=O) groups is 2. The molecule has 0 bridgehead atoms. The van der Waals surface area contributed by atoms with Gasteiger partial charge in [-0.15, -0.1) is 0 Å². The normalized spacial score (nSPS) is 48.9. The molecule has 4 aliphatic carbocycles. The SMILES string of the molecule is CC(=O)O[C@H]1CC[C@H]2[C@@H]3CCC4=CC(=O)CC[C@]4(C)[C@H]3C(O)C[C@]12C. The van der Waals surface area contributed by atoms with Gasteiger partial charge < -0.3 is 9.84 Å². The number of allylic oxidation sites excluding steroid dienone is 1. The van der Waals surface area contributed by atoms with Crippen molar-refractivity contribution in [3.63, 3.8) is 0 Å². The van der Waals surface area contributed by atoms with Crippen molar-refractivity contribution in [1.82, 2.24) is 0 Å². The maximum absolute atomic E-state index is 11.9. The first-order valence-corrected chi connectivity index (χ1v) is 9.85. The van der Waals surface area contributed by atoms with Gasteiger partial charge in [0, 0.05) is 18.8 Å². The van der Waals surface area contributed by atoms with E-state index in [1.807, 2.05) is 6.08 Å². The second-order valence-corrected chi connectivity index (χ2v) is 9.34. The molecule has 4 aliphatic rings. The standard InChI is InChI=1S/C21H30O4/c1-12(22)25-18-7-6-16-15-5-4-13-10-14(23)8-9-20(13,2)19(15)17(24)11-21(16,18)3/h10,15-19,24H,4-9,11H2,1-3H3/t15-,16-,17?,18-,19+,20-,21-/m0/s1. The van der Waals surface area contributed by atoms with E-state index < -0.39 is 0 Å². The maximum Gasteiger partial charge on any atom is 0.302 e. The van der Waals surface area contributed by atoms with Gasteiger partial charge in [0.15, 0.2) is 5.78 Å². The molecular weight excluding hydrogens is 316 g/mol. The highest BCUT2D eigenvalue weighted by Gasteiger charge is 2.62. The van der Waals surface area contributed by atoms with Gasteiger partial charge in [-0.1, -0.05) is 19.4 Å². The first-order valence-electron chi connectivity index (χ1n) is 9.85. The summed E-state index contributed by atoms with van der Waals surface area (Å²) >= 11 is 0. The first kappa shape index (κ1) is 17.3. The largest absolute Gasteiger partial charge is 0.462 e. The van der Waals surface area contributed by atoms with E-state index in [-0.39, 0.29) is 40.7 Å². The van der Waals surface area contributed by atoms with Crippen LogP contribution in [0.5, 0.6) is 0 Å². The summed E-state index contributed by atoms with van der Waals surface area (Å²) < 4.78 is 5.65. The molecule has 4 rings (SSSR count). The Morgan fingerprint density at radius 3 is 2.72 bits per heavy atom. The third kappa shape index (κ3) is 2.43. The number of ether oxygens (including phenoxy) is 1. The summed E-state index contributed by atoms with van der Waals surface area (Å²) in [5.74, 6) is 1.23. The second kappa shape index (κ2) is 5.67. The minimum Gasteiger partial charge on any atom is -0.462 e. The lowest BCUT2D eigenvalue weighted by molar-refractivity contribution is -0.168. The molecular formula is C21H30O4. The molecule has 25 heavy (non-hydrogen) atoms. The Morgan fingerprint density at radius 2 is 2.00 bits per heavy atom. The van der Waals surface area contributed by atoms with Gasteiger partial charge in [-0.25, -0.2) is 0 Å². The molecule has 0 aromatic carbocycles. The van der Waals surface area contributed by atoms with Crippen LogP contribution in [0.15, 0.2) is 11.6 Å². The predicted octanol–water partition coefficient (Wildman–Crippen LogP) is 3.42. The summed E-state index contributed by atoms with van der Waals surface area (Å²) in [7, 11) is 0. The van der Waals surface area contributed by atoms with Crippen LogP contribution in [0, 0.1) is 28.6 Å². The van der Waals surface area contributed by atoms with Gasteiger partial charge >= 0.3 is 5.97 Å². The zero-order valence-electron chi connectivity index (χ0n) is 15.6. The fourth-order valence-electron chi connectivity index (χ4n) is 7.04. The van der Waals surface area contributed by atoms with E-state index >= 15 is 0 Å². The minimum atomic E-state index is -0.385. The predicted molar refractivity (Wildman–Crippen MR) is 93.7 cm³/mol. The third-order valence-corrected chi connectivity index (χ3v) is 8.11. The van der Waals surface area contributed by atoms with Crippen molar-refractivity contribution in [2.24, 2.45) is 28.6 Å². The van der Waals surface area contributed by atoms with Crippen LogP contribution in [-0.4, -0.2) is 29.1 Å². The van der Waals surface area contributed by atoms with E-state index in [9.17, 15) is 14.7 Å². The Kier molecular flexibility index (Phi) is 3.91. The van der Waals surface area contributed by atoms with Gasteiger partial charge in [-0.05, 0) is 67.8 Å². The number of hydrogen-bond acceptors (Lipinski definition) is 4. The lowest BCUT2D eigenvalue weighted by atomic mass is 9.46. The molecule has 3 saturated carbocycles. The Labute approximate surface area is 150 Å². The molecule has 0 aromatic rings. The molecule has 0 aliphatic heterocycles. The molecule has 7 atom stereocenters. The number of ketones is 1. The number of esters is 1. The second-order valence-electron chi connectivity index (χ2n) is 9.34. The van der Waals surface area contributed by atoms with Gasteiger partial charge in [0.25, 0.3) is 0 Å². The van der Waals surface area contributed by atoms with Crippen LogP contribution in [0.4, 0.5) is 0 Å². The highest BCUT2D eigenvalue weighted by molar-refractivity contribution is 5.91. The summed E-state index contributed by atoms with van der Waals surface area (Å²) in [6, 6.07) is 0. The topological polar surface area (TPSA) is 63.6 Å². The molecule has 4 heteroatoms. The van der Waals surface area contributed by atoms with Crippen molar-refractivity contribution in [3.05, 3.63) is 11.6 Å². The van der Waals surface area contributed by atoms with Crippen molar-refractivity contribution in [3.8, 4) is 0 Å². The lowest BCUT2D eigenvalue weighted by Crippen LogP contribution is -2.57. The van der Waals surface area contributed by atoms with E-state index in [1.54, 1.807) is 0 Å². The van der Waals surface area contributed by atoms with E-state index in [2.05, 4.69) is 13.8 Å². The fourth-order valence-corrected chi connectivity index (χ4v) is 7.04. The smallest absolute Gasteiger partial charge is 0.302 e. The molecule has 0 radical (unpaired) electrons.